The number of aryl methyl sites for hydroxylation is 2. The largest absolute Gasteiger partial charge is 0.272 e. The van der Waals surface area contributed by atoms with Gasteiger partial charge in [0.05, 0.1) is 5.69 Å². The maximum absolute atomic E-state index is 6.48. The summed E-state index contributed by atoms with van der Waals surface area (Å²) in [6, 6.07) is 4.13. The number of aromatic nitrogens is 2. The zero-order valence-corrected chi connectivity index (χ0v) is 12.3. The standard InChI is InChI=1S/C16H17ClN2/c1-4-14-15(10(2)19(3)18-14)16-12-7-5-6-11(12)8-9-13(16)17/h5,7-9H,4,6H2,1-3H3. The van der Waals surface area contributed by atoms with E-state index in [0.29, 0.717) is 0 Å². The fraction of sp³-hybridized carbons (Fsp3) is 0.312. The second kappa shape index (κ2) is 4.53. The van der Waals surface area contributed by atoms with Crippen molar-refractivity contribution in [2.24, 2.45) is 7.05 Å². The van der Waals surface area contributed by atoms with E-state index in [1.54, 1.807) is 0 Å². The summed E-state index contributed by atoms with van der Waals surface area (Å²) in [5, 5.41) is 5.42. The highest BCUT2D eigenvalue weighted by molar-refractivity contribution is 6.34. The van der Waals surface area contributed by atoms with Gasteiger partial charge in [-0.1, -0.05) is 36.7 Å². The molecule has 0 radical (unpaired) electrons. The lowest BCUT2D eigenvalue weighted by Crippen LogP contribution is -1.94. The molecule has 0 bridgehead atoms. The molecule has 0 spiro atoms. The van der Waals surface area contributed by atoms with Gasteiger partial charge in [0, 0.05) is 28.9 Å². The molecule has 3 rings (SSSR count). The molecule has 2 nitrogen and oxygen atoms in total. The number of rotatable bonds is 2. The number of hydrogen-bond donors (Lipinski definition) is 0. The maximum atomic E-state index is 6.48. The van der Waals surface area contributed by atoms with E-state index in [2.05, 4.69) is 37.2 Å². The SMILES string of the molecule is CCc1nn(C)c(C)c1-c1c(Cl)ccc2c1C=CC2. The zero-order valence-electron chi connectivity index (χ0n) is 11.5. The van der Waals surface area contributed by atoms with Crippen molar-refractivity contribution in [3.8, 4) is 11.1 Å². The highest BCUT2D eigenvalue weighted by Gasteiger charge is 2.21. The molecule has 0 N–H and O–H groups in total. The first-order valence-corrected chi connectivity index (χ1v) is 7.02. The molecule has 19 heavy (non-hydrogen) atoms. The Hall–Kier alpha value is -1.54. The minimum absolute atomic E-state index is 0.816. The van der Waals surface area contributed by atoms with E-state index in [9.17, 15) is 0 Å². The molecule has 98 valence electrons. The highest BCUT2D eigenvalue weighted by atomic mass is 35.5. The van der Waals surface area contributed by atoms with E-state index in [1.165, 1.54) is 22.4 Å². The van der Waals surface area contributed by atoms with Crippen molar-refractivity contribution >= 4 is 17.7 Å². The van der Waals surface area contributed by atoms with E-state index >= 15 is 0 Å². The first kappa shape index (κ1) is 12.5. The number of nitrogens with zero attached hydrogens (tertiary/aromatic N) is 2. The molecule has 1 aromatic carbocycles. The Balaban J connectivity index is 2.34. The summed E-state index contributed by atoms with van der Waals surface area (Å²) in [4.78, 5) is 0. The molecule has 0 saturated carbocycles. The molecular formula is C16H17ClN2. The van der Waals surface area contributed by atoms with Crippen LogP contribution in [0.15, 0.2) is 18.2 Å². The molecule has 0 aliphatic heterocycles. The third-order valence-electron chi connectivity index (χ3n) is 3.90. The third-order valence-corrected chi connectivity index (χ3v) is 4.21. The van der Waals surface area contributed by atoms with Gasteiger partial charge in [0.25, 0.3) is 0 Å². The van der Waals surface area contributed by atoms with E-state index in [4.69, 9.17) is 11.6 Å². The first-order valence-electron chi connectivity index (χ1n) is 6.64. The Morgan fingerprint density at radius 2 is 2.11 bits per heavy atom. The summed E-state index contributed by atoms with van der Waals surface area (Å²) in [7, 11) is 1.99. The summed E-state index contributed by atoms with van der Waals surface area (Å²) in [6.07, 6.45) is 6.30. The van der Waals surface area contributed by atoms with E-state index in [0.717, 1.165) is 29.1 Å². The van der Waals surface area contributed by atoms with Gasteiger partial charge in [0.1, 0.15) is 0 Å². The fourth-order valence-corrected chi connectivity index (χ4v) is 3.07. The van der Waals surface area contributed by atoms with Crippen LogP contribution in [0.3, 0.4) is 0 Å². The van der Waals surface area contributed by atoms with Gasteiger partial charge in [-0.2, -0.15) is 5.10 Å². The van der Waals surface area contributed by atoms with Crippen molar-refractivity contribution in [3.63, 3.8) is 0 Å². The van der Waals surface area contributed by atoms with Gasteiger partial charge in [0.2, 0.25) is 0 Å². The normalized spacial score (nSPS) is 13.1. The number of halogens is 1. The molecule has 1 aliphatic rings. The molecule has 1 aromatic heterocycles. The lowest BCUT2D eigenvalue weighted by molar-refractivity contribution is 0.723. The van der Waals surface area contributed by atoms with Crippen molar-refractivity contribution in [3.05, 3.63) is 45.7 Å². The van der Waals surface area contributed by atoms with Crippen LogP contribution >= 0.6 is 11.6 Å². The van der Waals surface area contributed by atoms with Gasteiger partial charge in [-0.15, -0.1) is 0 Å². The molecular weight excluding hydrogens is 256 g/mol. The molecule has 0 fully saturated rings. The van der Waals surface area contributed by atoms with Crippen molar-refractivity contribution < 1.29 is 0 Å². The van der Waals surface area contributed by atoms with Gasteiger partial charge in [-0.25, -0.2) is 0 Å². The minimum Gasteiger partial charge on any atom is -0.272 e. The van der Waals surface area contributed by atoms with Crippen molar-refractivity contribution in [1.29, 1.82) is 0 Å². The van der Waals surface area contributed by atoms with E-state index in [1.807, 2.05) is 17.8 Å². The molecule has 0 amide bonds. The van der Waals surface area contributed by atoms with Gasteiger partial charge < -0.3 is 0 Å². The first-order chi connectivity index (χ1) is 9.13. The van der Waals surface area contributed by atoms with Crippen molar-refractivity contribution in [2.75, 3.05) is 0 Å². The average molecular weight is 273 g/mol. The number of hydrogen-bond acceptors (Lipinski definition) is 1. The second-order valence-corrected chi connectivity index (χ2v) is 5.39. The van der Waals surface area contributed by atoms with Gasteiger partial charge in [-0.05, 0) is 37.0 Å². The van der Waals surface area contributed by atoms with Gasteiger partial charge in [-0.3, -0.25) is 4.68 Å². The Bertz CT molecular complexity index is 681. The van der Waals surface area contributed by atoms with Crippen LogP contribution in [0.1, 0.15) is 29.4 Å². The summed E-state index contributed by atoms with van der Waals surface area (Å²) in [6.45, 7) is 4.24. The van der Waals surface area contributed by atoms with Crippen LogP contribution in [0.4, 0.5) is 0 Å². The number of benzene rings is 1. The van der Waals surface area contributed by atoms with Crippen LogP contribution in [0.25, 0.3) is 17.2 Å². The summed E-state index contributed by atoms with van der Waals surface area (Å²) in [5.41, 5.74) is 7.26. The monoisotopic (exact) mass is 272 g/mol. The third kappa shape index (κ3) is 1.82. The molecule has 0 unspecified atom stereocenters. The van der Waals surface area contributed by atoms with E-state index in [-0.39, 0.29) is 0 Å². The van der Waals surface area contributed by atoms with Crippen LogP contribution in [0.5, 0.6) is 0 Å². The van der Waals surface area contributed by atoms with E-state index < -0.39 is 0 Å². The Kier molecular flexibility index (Phi) is 2.98. The van der Waals surface area contributed by atoms with Crippen LogP contribution < -0.4 is 0 Å². The molecule has 0 atom stereocenters. The summed E-state index contributed by atoms with van der Waals surface area (Å²) in [5.74, 6) is 0. The van der Waals surface area contributed by atoms with Crippen LogP contribution in [0.2, 0.25) is 5.02 Å². The molecule has 1 heterocycles. The van der Waals surface area contributed by atoms with Crippen LogP contribution in [-0.4, -0.2) is 9.78 Å². The highest BCUT2D eigenvalue weighted by Crippen LogP contribution is 2.40. The van der Waals surface area contributed by atoms with Crippen LogP contribution in [-0.2, 0) is 19.9 Å². The fourth-order valence-electron chi connectivity index (χ4n) is 2.81. The molecule has 1 aliphatic carbocycles. The van der Waals surface area contributed by atoms with Gasteiger partial charge >= 0.3 is 0 Å². The maximum Gasteiger partial charge on any atom is 0.0703 e. The summed E-state index contributed by atoms with van der Waals surface area (Å²) >= 11 is 6.48. The van der Waals surface area contributed by atoms with Crippen molar-refractivity contribution in [1.82, 2.24) is 9.78 Å². The second-order valence-electron chi connectivity index (χ2n) is 4.99. The Morgan fingerprint density at radius 3 is 2.84 bits per heavy atom. The Morgan fingerprint density at radius 1 is 1.32 bits per heavy atom. The average Bonchev–Trinajstić information content (AvgIpc) is 2.97. The molecule has 3 heteroatoms. The minimum atomic E-state index is 0.816. The predicted molar refractivity (Wildman–Crippen MR) is 80.5 cm³/mol. The Labute approximate surface area is 118 Å². The number of allylic oxidation sites excluding steroid dienone is 1. The topological polar surface area (TPSA) is 17.8 Å². The lowest BCUT2D eigenvalue weighted by atomic mass is 9.95. The summed E-state index contributed by atoms with van der Waals surface area (Å²) < 4.78 is 1.95. The smallest absolute Gasteiger partial charge is 0.0703 e. The quantitative estimate of drug-likeness (QED) is 0.802. The zero-order chi connectivity index (χ0) is 13.6. The lowest BCUT2D eigenvalue weighted by Gasteiger charge is -2.11. The molecule has 2 aromatic rings. The van der Waals surface area contributed by atoms with Crippen molar-refractivity contribution in [2.45, 2.75) is 26.7 Å². The predicted octanol–water partition coefficient (Wildman–Crippen LogP) is 4.18. The van der Waals surface area contributed by atoms with Crippen LogP contribution in [0, 0.1) is 6.92 Å². The molecule has 0 saturated heterocycles. The number of fused-ring (bicyclic) bond motifs is 1. The van der Waals surface area contributed by atoms with Gasteiger partial charge in [0.15, 0.2) is 0 Å².